The molecule has 3 heterocycles. The summed E-state index contributed by atoms with van der Waals surface area (Å²) in [5.41, 5.74) is 2.52. The summed E-state index contributed by atoms with van der Waals surface area (Å²) in [7, 11) is 0. The van der Waals surface area contributed by atoms with E-state index in [2.05, 4.69) is 15.6 Å². The molecule has 23 heavy (non-hydrogen) atoms. The van der Waals surface area contributed by atoms with E-state index in [4.69, 9.17) is 0 Å². The molecule has 3 rings (SSSR count). The molecular formula is C16H24N4O2S. The number of aromatic nitrogens is 1. The van der Waals surface area contributed by atoms with Gasteiger partial charge in [-0.15, -0.1) is 11.3 Å². The molecule has 0 aliphatic carbocycles. The molecule has 2 fully saturated rings. The van der Waals surface area contributed by atoms with Crippen molar-refractivity contribution in [3.8, 4) is 0 Å². The minimum Gasteiger partial charge on any atom is -0.355 e. The van der Waals surface area contributed by atoms with E-state index in [9.17, 15) is 9.59 Å². The first-order chi connectivity index (χ1) is 11.0. The van der Waals surface area contributed by atoms with Crippen molar-refractivity contribution in [3.05, 3.63) is 16.1 Å². The van der Waals surface area contributed by atoms with Gasteiger partial charge in [-0.3, -0.25) is 9.59 Å². The lowest BCUT2D eigenvalue weighted by atomic mass is 9.80. The van der Waals surface area contributed by atoms with Gasteiger partial charge in [0.2, 0.25) is 11.8 Å². The van der Waals surface area contributed by atoms with E-state index in [-0.39, 0.29) is 17.7 Å². The number of carbonyl (C=O) groups is 2. The zero-order valence-electron chi connectivity index (χ0n) is 13.7. The fourth-order valence-corrected chi connectivity index (χ4v) is 4.50. The van der Waals surface area contributed by atoms with Crippen molar-refractivity contribution in [2.75, 3.05) is 32.7 Å². The fourth-order valence-electron chi connectivity index (χ4n) is 3.68. The number of rotatable bonds is 5. The topological polar surface area (TPSA) is 74.3 Å². The van der Waals surface area contributed by atoms with E-state index >= 15 is 0 Å². The van der Waals surface area contributed by atoms with Gasteiger partial charge in [0.05, 0.1) is 16.6 Å². The molecule has 1 aromatic rings. The minimum atomic E-state index is -0.438. The number of nitrogens with one attached hydrogen (secondary N) is 2. The summed E-state index contributed by atoms with van der Waals surface area (Å²) in [5.74, 6) is 0.389. The molecular weight excluding hydrogens is 312 g/mol. The minimum absolute atomic E-state index is 0.0623. The van der Waals surface area contributed by atoms with Gasteiger partial charge in [-0.1, -0.05) is 0 Å². The Morgan fingerprint density at radius 3 is 3.09 bits per heavy atom. The number of thiazole rings is 1. The van der Waals surface area contributed by atoms with E-state index < -0.39 is 5.41 Å². The number of likely N-dealkylation sites (tertiary alicyclic amines) is 1. The molecule has 126 valence electrons. The quantitative estimate of drug-likeness (QED) is 0.771. The van der Waals surface area contributed by atoms with E-state index in [1.54, 1.807) is 18.3 Å². The first-order valence-corrected chi connectivity index (χ1v) is 9.04. The van der Waals surface area contributed by atoms with E-state index in [1.165, 1.54) is 4.88 Å². The number of hydrogen-bond donors (Lipinski definition) is 2. The standard InChI is InChI=1S/C16H24N4O2S/c1-11-14(23-10-19-11)4-3-5-18-15(22)16-8-17-6-13(16)7-20(9-16)12(2)21/h10,13,17H,3-9H2,1-2H3,(H,18,22)/t13-,16-/m1/s1. The molecule has 2 saturated heterocycles. The highest BCUT2D eigenvalue weighted by Gasteiger charge is 2.55. The van der Waals surface area contributed by atoms with Gasteiger partial charge in [0.1, 0.15) is 0 Å². The third-order valence-corrected chi connectivity index (χ3v) is 6.13. The summed E-state index contributed by atoms with van der Waals surface area (Å²) in [6.45, 7) is 6.99. The van der Waals surface area contributed by atoms with Gasteiger partial charge in [-0.2, -0.15) is 0 Å². The third-order valence-electron chi connectivity index (χ3n) is 5.14. The van der Waals surface area contributed by atoms with Gasteiger partial charge in [0.15, 0.2) is 0 Å². The first-order valence-electron chi connectivity index (χ1n) is 8.16. The molecule has 2 atom stereocenters. The molecule has 0 unspecified atom stereocenters. The van der Waals surface area contributed by atoms with Crippen LogP contribution in [0.3, 0.4) is 0 Å². The van der Waals surface area contributed by atoms with E-state index in [1.807, 2.05) is 17.3 Å². The normalized spacial score (nSPS) is 26.3. The van der Waals surface area contributed by atoms with Gasteiger partial charge >= 0.3 is 0 Å². The number of amides is 2. The Morgan fingerprint density at radius 2 is 2.39 bits per heavy atom. The highest BCUT2D eigenvalue weighted by molar-refractivity contribution is 7.09. The predicted octanol–water partition coefficient (Wildman–Crippen LogP) is 0.568. The lowest BCUT2D eigenvalue weighted by molar-refractivity contribution is -0.132. The van der Waals surface area contributed by atoms with Crippen LogP contribution in [0.15, 0.2) is 5.51 Å². The van der Waals surface area contributed by atoms with Crippen LogP contribution in [0.5, 0.6) is 0 Å². The molecule has 1 aromatic heterocycles. The SMILES string of the molecule is CC(=O)N1C[C@H]2CNC[C@@]2(C(=O)NCCCc2scnc2C)C1. The monoisotopic (exact) mass is 336 g/mol. The van der Waals surface area contributed by atoms with Gasteiger partial charge in [0, 0.05) is 50.4 Å². The van der Waals surface area contributed by atoms with Gasteiger partial charge in [-0.25, -0.2) is 4.98 Å². The van der Waals surface area contributed by atoms with Crippen LogP contribution in [0.25, 0.3) is 0 Å². The van der Waals surface area contributed by atoms with Crippen LogP contribution in [0.2, 0.25) is 0 Å². The first kappa shape index (κ1) is 16.4. The lowest BCUT2D eigenvalue weighted by Gasteiger charge is -2.26. The second-order valence-electron chi connectivity index (χ2n) is 6.60. The Labute approximate surface area is 140 Å². The molecule has 2 amide bonds. The molecule has 0 radical (unpaired) electrons. The lowest BCUT2D eigenvalue weighted by Crippen LogP contribution is -2.48. The van der Waals surface area contributed by atoms with Gasteiger partial charge < -0.3 is 15.5 Å². The molecule has 0 spiro atoms. The molecule has 2 aliphatic heterocycles. The van der Waals surface area contributed by atoms with Crippen LogP contribution in [-0.2, 0) is 16.0 Å². The summed E-state index contributed by atoms with van der Waals surface area (Å²) in [6.07, 6.45) is 1.87. The smallest absolute Gasteiger partial charge is 0.229 e. The Balaban J connectivity index is 1.53. The van der Waals surface area contributed by atoms with Crippen LogP contribution in [-0.4, -0.2) is 54.4 Å². The highest BCUT2D eigenvalue weighted by Crippen LogP contribution is 2.39. The molecule has 6 nitrogen and oxygen atoms in total. The maximum atomic E-state index is 12.7. The summed E-state index contributed by atoms with van der Waals surface area (Å²) in [6, 6.07) is 0. The average molecular weight is 336 g/mol. The summed E-state index contributed by atoms with van der Waals surface area (Å²) in [5, 5.41) is 6.42. The van der Waals surface area contributed by atoms with Crippen molar-refractivity contribution in [2.24, 2.45) is 11.3 Å². The number of carbonyl (C=O) groups excluding carboxylic acids is 2. The van der Waals surface area contributed by atoms with Crippen LogP contribution in [0, 0.1) is 18.3 Å². The summed E-state index contributed by atoms with van der Waals surface area (Å²) >= 11 is 1.67. The molecule has 2 N–H and O–H groups in total. The van der Waals surface area contributed by atoms with Crippen molar-refractivity contribution < 1.29 is 9.59 Å². The van der Waals surface area contributed by atoms with Crippen molar-refractivity contribution in [1.82, 2.24) is 20.5 Å². The van der Waals surface area contributed by atoms with Crippen molar-refractivity contribution >= 4 is 23.2 Å². The van der Waals surface area contributed by atoms with E-state index in [0.29, 0.717) is 26.2 Å². The molecule has 2 aliphatic rings. The second kappa shape index (κ2) is 6.57. The fraction of sp³-hybridized carbons (Fsp3) is 0.688. The van der Waals surface area contributed by atoms with Crippen LogP contribution >= 0.6 is 11.3 Å². The molecule has 0 bridgehead atoms. The zero-order chi connectivity index (χ0) is 16.4. The van der Waals surface area contributed by atoms with Crippen LogP contribution in [0.1, 0.15) is 23.9 Å². The van der Waals surface area contributed by atoms with Crippen LogP contribution in [0.4, 0.5) is 0 Å². The Bertz CT molecular complexity index is 603. The number of hydrogen-bond acceptors (Lipinski definition) is 5. The highest BCUT2D eigenvalue weighted by atomic mass is 32.1. The third kappa shape index (κ3) is 3.12. The van der Waals surface area contributed by atoms with Gasteiger partial charge in [0.25, 0.3) is 0 Å². The Kier molecular flexibility index (Phi) is 4.68. The van der Waals surface area contributed by atoms with Crippen LogP contribution < -0.4 is 10.6 Å². The van der Waals surface area contributed by atoms with Crippen molar-refractivity contribution in [3.63, 3.8) is 0 Å². The van der Waals surface area contributed by atoms with E-state index in [0.717, 1.165) is 25.1 Å². The molecule has 0 saturated carbocycles. The maximum Gasteiger partial charge on any atom is 0.229 e. The predicted molar refractivity (Wildman–Crippen MR) is 89.2 cm³/mol. The number of fused-ring (bicyclic) bond motifs is 1. The molecule has 0 aromatic carbocycles. The average Bonchev–Trinajstić information content (AvgIpc) is 3.17. The Morgan fingerprint density at radius 1 is 1.57 bits per heavy atom. The zero-order valence-corrected chi connectivity index (χ0v) is 14.5. The summed E-state index contributed by atoms with van der Waals surface area (Å²) < 4.78 is 0. The van der Waals surface area contributed by atoms with Crippen molar-refractivity contribution in [2.45, 2.75) is 26.7 Å². The largest absolute Gasteiger partial charge is 0.355 e. The second-order valence-corrected chi connectivity index (χ2v) is 7.54. The maximum absolute atomic E-state index is 12.7. The molecule has 7 heteroatoms. The Hall–Kier alpha value is -1.47. The number of nitrogens with zero attached hydrogens (tertiary/aromatic N) is 2. The summed E-state index contributed by atoms with van der Waals surface area (Å²) in [4.78, 5) is 31.7. The van der Waals surface area contributed by atoms with Gasteiger partial charge in [-0.05, 0) is 19.8 Å². The van der Waals surface area contributed by atoms with Crippen molar-refractivity contribution in [1.29, 1.82) is 0 Å². The number of aryl methyl sites for hydroxylation is 2.